The average molecular weight is 502 g/mol. The molecule has 0 amide bonds. The van der Waals surface area contributed by atoms with E-state index in [2.05, 4.69) is 145 Å². The van der Waals surface area contributed by atoms with E-state index in [0.29, 0.717) is 11.8 Å². The number of para-hydroxylation sites is 2. The maximum Gasteiger partial charge on any atom is 0.130 e. The molecule has 1 aliphatic heterocycles. The Hall–Kier alpha value is -4.82. The van der Waals surface area contributed by atoms with Gasteiger partial charge in [-0.3, -0.25) is 0 Å². The molecule has 2 aliphatic rings. The summed E-state index contributed by atoms with van der Waals surface area (Å²) in [6.07, 6.45) is 6.49. The Morgan fingerprint density at radius 2 is 1.33 bits per heavy atom. The number of aromatic nitrogens is 1. The average Bonchev–Trinajstić information content (AvgIpc) is 3.53. The highest BCUT2D eigenvalue weighted by molar-refractivity contribution is 6.10. The smallest absolute Gasteiger partial charge is 0.130 e. The van der Waals surface area contributed by atoms with E-state index in [4.69, 9.17) is 4.74 Å². The van der Waals surface area contributed by atoms with Gasteiger partial charge in [0, 0.05) is 22.0 Å². The number of nitrogens with zero attached hydrogens (tertiary/aromatic N) is 1. The van der Waals surface area contributed by atoms with Gasteiger partial charge in [-0.1, -0.05) is 85.8 Å². The second kappa shape index (κ2) is 8.61. The minimum atomic E-state index is 0.303. The third-order valence-corrected chi connectivity index (χ3v) is 8.30. The lowest BCUT2D eigenvalue weighted by Gasteiger charge is -2.19. The minimum Gasteiger partial charge on any atom is -0.461 e. The summed E-state index contributed by atoms with van der Waals surface area (Å²) in [5.74, 6) is 2.78. The van der Waals surface area contributed by atoms with E-state index < -0.39 is 0 Å². The number of hydrogen-bond donors (Lipinski definition) is 0. The molecule has 2 atom stereocenters. The fourth-order valence-corrected chi connectivity index (χ4v) is 6.41. The molecule has 6 aromatic rings. The van der Waals surface area contributed by atoms with Crippen LogP contribution in [0.25, 0.3) is 49.7 Å². The summed E-state index contributed by atoms with van der Waals surface area (Å²) in [4.78, 5) is 0. The van der Waals surface area contributed by atoms with Crippen molar-refractivity contribution in [3.8, 4) is 33.7 Å². The Bertz CT molecular complexity index is 1960. The molecule has 0 saturated heterocycles. The minimum absolute atomic E-state index is 0.303. The fraction of sp³-hybridized carbons (Fsp3) is 0.0811. The summed E-state index contributed by atoms with van der Waals surface area (Å²) < 4.78 is 8.55. The molecule has 0 bridgehead atoms. The molecule has 39 heavy (non-hydrogen) atoms. The lowest BCUT2D eigenvalue weighted by molar-refractivity contribution is 0.404. The van der Waals surface area contributed by atoms with Gasteiger partial charge in [0.25, 0.3) is 0 Å². The van der Waals surface area contributed by atoms with Crippen LogP contribution in [0, 0.1) is 5.92 Å². The maximum atomic E-state index is 6.18. The molecule has 0 saturated carbocycles. The fourth-order valence-electron chi connectivity index (χ4n) is 6.41. The van der Waals surface area contributed by atoms with Crippen molar-refractivity contribution in [2.75, 3.05) is 0 Å². The summed E-state index contributed by atoms with van der Waals surface area (Å²) in [6.45, 7) is 2.27. The number of benzene rings is 5. The van der Waals surface area contributed by atoms with Gasteiger partial charge in [-0.15, -0.1) is 0 Å². The van der Waals surface area contributed by atoms with Crippen molar-refractivity contribution in [1.82, 2.24) is 4.57 Å². The van der Waals surface area contributed by atoms with Crippen LogP contribution >= 0.6 is 0 Å². The van der Waals surface area contributed by atoms with Crippen molar-refractivity contribution in [3.63, 3.8) is 0 Å². The Morgan fingerprint density at radius 1 is 0.615 bits per heavy atom. The third-order valence-electron chi connectivity index (χ3n) is 8.30. The highest BCUT2D eigenvalue weighted by Gasteiger charge is 2.34. The normalized spacial score (nSPS) is 17.6. The molecule has 1 aliphatic carbocycles. The van der Waals surface area contributed by atoms with Crippen LogP contribution in [-0.4, -0.2) is 4.57 Å². The molecule has 5 aromatic carbocycles. The Balaban J connectivity index is 1.23. The lowest BCUT2D eigenvalue weighted by Crippen LogP contribution is -2.10. The van der Waals surface area contributed by atoms with Gasteiger partial charge in [-0.05, 0) is 82.8 Å². The van der Waals surface area contributed by atoms with E-state index in [1.165, 1.54) is 55.3 Å². The molecule has 186 valence electrons. The molecule has 2 nitrogen and oxygen atoms in total. The molecule has 0 fully saturated rings. The van der Waals surface area contributed by atoms with E-state index in [9.17, 15) is 0 Å². The van der Waals surface area contributed by atoms with Crippen molar-refractivity contribution in [3.05, 3.63) is 145 Å². The lowest BCUT2D eigenvalue weighted by atomic mass is 9.83. The van der Waals surface area contributed by atoms with Crippen LogP contribution in [-0.2, 0) is 0 Å². The molecule has 0 radical (unpaired) electrons. The second-order valence-corrected chi connectivity index (χ2v) is 10.6. The van der Waals surface area contributed by atoms with Gasteiger partial charge in [0.2, 0.25) is 0 Å². The van der Waals surface area contributed by atoms with Crippen LogP contribution in [0.15, 0.2) is 139 Å². The van der Waals surface area contributed by atoms with Gasteiger partial charge < -0.3 is 9.30 Å². The molecule has 2 unspecified atom stereocenters. The SMILES string of the molecule is CC1C=CC=C2Oc3ccc(-c4cccc(-c5ccc6c(c5)c5ccccc5n6-c5ccccc5)c4)cc3C21. The Labute approximate surface area is 228 Å². The van der Waals surface area contributed by atoms with Gasteiger partial charge in [0.15, 0.2) is 0 Å². The molecule has 8 rings (SSSR count). The van der Waals surface area contributed by atoms with Crippen molar-refractivity contribution >= 4 is 21.8 Å². The molecule has 0 N–H and O–H groups in total. The molecular formula is C37H27NO. The van der Waals surface area contributed by atoms with Gasteiger partial charge in [0.05, 0.1) is 17.0 Å². The van der Waals surface area contributed by atoms with Crippen LogP contribution in [0.3, 0.4) is 0 Å². The van der Waals surface area contributed by atoms with Gasteiger partial charge in [-0.25, -0.2) is 0 Å². The highest BCUT2D eigenvalue weighted by atomic mass is 16.5. The van der Waals surface area contributed by atoms with E-state index in [1.54, 1.807) is 0 Å². The van der Waals surface area contributed by atoms with E-state index in [0.717, 1.165) is 11.5 Å². The molecular weight excluding hydrogens is 474 g/mol. The Morgan fingerprint density at radius 3 is 2.21 bits per heavy atom. The van der Waals surface area contributed by atoms with Crippen molar-refractivity contribution in [1.29, 1.82) is 0 Å². The Kier molecular flexibility index (Phi) is 4.90. The van der Waals surface area contributed by atoms with Crippen molar-refractivity contribution in [2.24, 2.45) is 5.92 Å². The third kappa shape index (κ3) is 3.49. The van der Waals surface area contributed by atoms with Crippen LogP contribution in [0.1, 0.15) is 18.4 Å². The zero-order valence-electron chi connectivity index (χ0n) is 21.7. The standard InChI is InChI=1S/C37H27NO/c1-24-9-7-16-36-37(24)32-23-28(18-20-35(32)39-36)26-11-8-10-25(21-26)27-17-19-34-31(22-27)30-14-5-6-15-33(30)38(34)29-12-3-2-4-13-29/h2-24,37H,1H3. The molecule has 0 spiro atoms. The van der Waals surface area contributed by atoms with Gasteiger partial charge in [-0.2, -0.15) is 0 Å². The van der Waals surface area contributed by atoms with Crippen molar-refractivity contribution < 1.29 is 4.74 Å². The first-order valence-corrected chi connectivity index (χ1v) is 13.6. The summed E-state index contributed by atoms with van der Waals surface area (Å²) in [5.41, 5.74) is 9.81. The summed E-state index contributed by atoms with van der Waals surface area (Å²) in [6, 6.07) is 41.7. The van der Waals surface area contributed by atoms with Crippen LogP contribution in [0.2, 0.25) is 0 Å². The summed E-state index contributed by atoms with van der Waals surface area (Å²) in [7, 11) is 0. The second-order valence-electron chi connectivity index (χ2n) is 10.6. The quantitative estimate of drug-likeness (QED) is 0.235. The summed E-state index contributed by atoms with van der Waals surface area (Å²) >= 11 is 0. The topological polar surface area (TPSA) is 14.2 Å². The highest BCUT2D eigenvalue weighted by Crippen LogP contribution is 2.48. The van der Waals surface area contributed by atoms with E-state index in [-0.39, 0.29) is 0 Å². The van der Waals surface area contributed by atoms with Gasteiger partial charge >= 0.3 is 0 Å². The van der Waals surface area contributed by atoms with Gasteiger partial charge in [0.1, 0.15) is 11.5 Å². The number of allylic oxidation sites excluding steroid dienone is 4. The summed E-state index contributed by atoms with van der Waals surface area (Å²) in [5, 5.41) is 2.54. The number of ether oxygens (including phenoxy) is 1. The predicted octanol–water partition coefficient (Wildman–Crippen LogP) is 9.68. The number of fused-ring (bicyclic) bond motifs is 6. The first kappa shape index (κ1) is 22.2. The van der Waals surface area contributed by atoms with E-state index in [1.807, 2.05) is 0 Å². The molecule has 1 aromatic heterocycles. The zero-order valence-corrected chi connectivity index (χ0v) is 21.7. The first-order valence-electron chi connectivity index (χ1n) is 13.6. The van der Waals surface area contributed by atoms with E-state index >= 15 is 0 Å². The molecule has 2 heterocycles. The zero-order chi connectivity index (χ0) is 25.9. The van der Waals surface area contributed by atoms with Crippen molar-refractivity contribution in [2.45, 2.75) is 12.8 Å². The van der Waals surface area contributed by atoms with Crippen LogP contribution in [0.4, 0.5) is 0 Å². The predicted molar refractivity (Wildman–Crippen MR) is 161 cm³/mol. The monoisotopic (exact) mass is 501 g/mol. The maximum absolute atomic E-state index is 6.18. The first-order chi connectivity index (χ1) is 19.2. The number of rotatable bonds is 3. The molecule has 2 heteroatoms. The van der Waals surface area contributed by atoms with Crippen LogP contribution < -0.4 is 4.74 Å². The number of hydrogen-bond acceptors (Lipinski definition) is 1. The largest absolute Gasteiger partial charge is 0.461 e. The van der Waals surface area contributed by atoms with Crippen LogP contribution in [0.5, 0.6) is 5.75 Å².